The van der Waals surface area contributed by atoms with Gasteiger partial charge >= 0.3 is 0 Å². The summed E-state index contributed by atoms with van der Waals surface area (Å²) in [6.07, 6.45) is 0.910. The van der Waals surface area contributed by atoms with Crippen molar-refractivity contribution in [2.24, 2.45) is 22.7 Å². The molecule has 0 aliphatic rings. The summed E-state index contributed by atoms with van der Waals surface area (Å²) in [7, 11) is 4.01. The number of hydrogen-bond acceptors (Lipinski definition) is 4. The Morgan fingerprint density at radius 3 is 2.26 bits per heavy atom. The van der Waals surface area contributed by atoms with Gasteiger partial charge in [0.05, 0.1) is 0 Å². The lowest BCUT2D eigenvalue weighted by atomic mass is 9.93. The summed E-state index contributed by atoms with van der Waals surface area (Å²) in [4.78, 5) is 16.3. The Labute approximate surface area is 116 Å². The van der Waals surface area contributed by atoms with Crippen molar-refractivity contribution in [2.45, 2.75) is 27.2 Å². The van der Waals surface area contributed by atoms with Gasteiger partial charge < -0.3 is 20.7 Å². The van der Waals surface area contributed by atoms with E-state index in [4.69, 9.17) is 10.9 Å². The highest BCUT2D eigenvalue weighted by Gasteiger charge is 2.30. The van der Waals surface area contributed by atoms with Crippen molar-refractivity contribution in [1.82, 2.24) is 9.80 Å². The van der Waals surface area contributed by atoms with Crippen LogP contribution in [-0.4, -0.2) is 60.5 Å². The van der Waals surface area contributed by atoms with Gasteiger partial charge in [0.15, 0.2) is 5.84 Å². The third-order valence-corrected chi connectivity index (χ3v) is 3.09. The summed E-state index contributed by atoms with van der Waals surface area (Å²) in [5, 5.41) is 11.8. The largest absolute Gasteiger partial charge is 0.409 e. The van der Waals surface area contributed by atoms with Crippen molar-refractivity contribution < 1.29 is 10.0 Å². The maximum absolute atomic E-state index is 12.4. The van der Waals surface area contributed by atoms with Crippen LogP contribution in [-0.2, 0) is 4.79 Å². The Hall–Kier alpha value is -1.30. The van der Waals surface area contributed by atoms with Crippen LogP contribution >= 0.6 is 0 Å². The molecule has 6 nitrogen and oxygen atoms in total. The van der Waals surface area contributed by atoms with Crippen LogP contribution in [0.15, 0.2) is 5.16 Å². The average molecular weight is 272 g/mol. The van der Waals surface area contributed by atoms with Crippen LogP contribution in [0.4, 0.5) is 0 Å². The highest BCUT2D eigenvalue weighted by Crippen LogP contribution is 2.15. The number of amides is 1. The number of nitrogens with two attached hydrogens (primary N) is 1. The highest BCUT2D eigenvalue weighted by atomic mass is 16.4. The molecule has 0 saturated carbocycles. The number of amidine groups is 1. The topological polar surface area (TPSA) is 82.2 Å². The molecule has 0 aromatic heterocycles. The average Bonchev–Trinajstić information content (AvgIpc) is 2.33. The summed E-state index contributed by atoms with van der Waals surface area (Å²) >= 11 is 0. The zero-order valence-electron chi connectivity index (χ0n) is 12.8. The molecule has 1 atom stereocenters. The number of hydrogen-bond donors (Lipinski definition) is 2. The Balaban J connectivity index is 4.70. The molecule has 0 aliphatic carbocycles. The highest BCUT2D eigenvalue weighted by molar-refractivity contribution is 6.02. The fraction of sp³-hybridized carbons (Fsp3) is 0.846. The second-order valence-electron chi connectivity index (χ2n) is 5.32. The van der Waals surface area contributed by atoms with Gasteiger partial charge in [-0.1, -0.05) is 19.0 Å². The molecule has 6 heteroatoms. The molecule has 0 radical (unpaired) electrons. The van der Waals surface area contributed by atoms with Crippen molar-refractivity contribution in [2.75, 3.05) is 33.7 Å². The molecular formula is C13H28N4O2. The van der Waals surface area contributed by atoms with Crippen LogP contribution < -0.4 is 5.73 Å². The molecule has 3 N–H and O–H groups in total. The normalized spacial score (nSPS) is 13.9. The zero-order valence-corrected chi connectivity index (χ0v) is 12.8. The molecule has 112 valence electrons. The molecule has 0 bridgehead atoms. The smallest absolute Gasteiger partial charge is 0.233 e. The van der Waals surface area contributed by atoms with Gasteiger partial charge in [-0.2, -0.15) is 0 Å². The van der Waals surface area contributed by atoms with Gasteiger partial charge in [-0.15, -0.1) is 0 Å². The molecule has 0 aliphatic heterocycles. The van der Waals surface area contributed by atoms with E-state index in [0.29, 0.717) is 13.1 Å². The fourth-order valence-electron chi connectivity index (χ4n) is 2.01. The number of oxime groups is 1. The van der Waals surface area contributed by atoms with Gasteiger partial charge in [0, 0.05) is 13.1 Å². The first-order chi connectivity index (χ1) is 8.84. The van der Waals surface area contributed by atoms with Crippen LogP contribution in [0.25, 0.3) is 0 Å². The predicted molar refractivity (Wildman–Crippen MR) is 77.2 cm³/mol. The molecule has 19 heavy (non-hydrogen) atoms. The summed E-state index contributed by atoms with van der Waals surface area (Å²) < 4.78 is 0. The van der Waals surface area contributed by atoms with Crippen LogP contribution in [0.1, 0.15) is 27.2 Å². The monoisotopic (exact) mass is 272 g/mol. The molecule has 0 rings (SSSR count). The predicted octanol–water partition coefficient (Wildman–Crippen LogP) is 0.805. The Morgan fingerprint density at radius 2 is 1.89 bits per heavy atom. The number of carbonyl (C=O) groups excluding carboxylic acids is 1. The lowest BCUT2D eigenvalue weighted by Crippen LogP contribution is -2.45. The van der Waals surface area contributed by atoms with Gasteiger partial charge in [-0.05, 0) is 39.9 Å². The lowest BCUT2D eigenvalue weighted by molar-refractivity contribution is -0.134. The van der Waals surface area contributed by atoms with E-state index >= 15 is 0 Å². The van der Waals surface area contributed by atoms with Crippen LogP contribution in [0, 0.1) is 11.8 Å². The maximum Gasteiger partial charge on any atom is 0.233 e. The minimum atomic E-state index is -0.552. The minimum Gasteiger partial charge on any atom is -0.409 e. The fourth-order valence-corrected chi connectivity index (χ4v) is 2.01. The SMILES string of the molecule is CCN(CCCN(C)C)C(=O)C(C(N)=NO)C(C)C. The van der Waals surface area contributed by atoms with Crippen LogP contribution in [0.2, 0.25) is 0 Å². The summed E-state index contributed by atoms with van der Waals surface area (Å²) in [6.45, 7) is 7.99. The van der Waals surface area contributed by atoms with E-state index in [2.05, 4.69) is 10.1 Å². The van der Waals surface area contributed by atoms with E-state index in [9.17, 15) is 4.79 Å². The van der Waals surface area contributed by atoms with Crippen LogP contribution in [0.5, 0.6) is 0 Å². The first-order valence-corrected chi connectivity index (χ1v) is 6.76. The summed E-state index contributed by atoms with van der Waals surface area (Å²) in [5.74, 6) is -0.617. The standard InChI is InChI=1S/C13H28N4O2/c1-6-17(9-7-8-16(4)5)13(18)11(10(2)3)12(14)15-19/h10-11,19H,6-9H2,1-5H3,(H2,14,15). The van der Waals surface area contributed by atoms with Gasteiger partial charge in [0.2, 0.25) is 5.91 Å². The number of nitrogens with zero attached hydrogens (tertiary/aromatic N) is 3. The van der Waals surface area contributed by atoms with E-state index < -0.39 is 5.92 Å². The molecule has 0 heterocycles. The molecule has 1 amide bonds. The molecule has 0 spiro atoms. The molecule has 0 aromatic rings. The Morgan fingerprint density at radius 1 is 1.32 bits per heavy atom. The van der Waals surface area contributed by atoms with Crippen molar-refractivity contribution in [1.29, 1.82) is 0 Å². The summed E-state index contributed by atoms with van der Waals surface area (Å²) in [6, 6.07) is 0. The maximum atomic E-state index is 12.4. The third-order valence-electron chi connectivity index (χ3n) is 3.09. The van der Waals surface area contributed by atoms with E-state index in [1.54, 1.807) is 4.90 Å². The van der Waals surface area contributed by atoms with Gasteiger partial charge in [-0.25, -0.2) is 0 Å². The second kappa shape index (κ2) is 8.74. The molecule has 0 fully saturated rings. The first kappa shape index (κ1) is 17.7. The van der Waals surface area contributed by atoms with Gasteiger partial charge in [-0.3, -0.25) is 4.79 Å². The first-order valence-electron chi connectivity index (χ1n) is 6.76. The van der Waals surface area contributed by atoms with E-state index in [0.717, 1.165) is 13.0 Å². The number of carbonyl (C=O) groups is 1. The van der Waals surface area contributed by atoms with Crippen molar-refractivity contribution >= 4 is 11.7 Å². The quantitative estimate of drug-likeness (QED) is 0.296. The van der Waals surface area contributed by atoms with Crippen molar-refractivity contribution in [3.8, 4) is 0 Å². The molecular weight excluding hydrogens is 244 g/mol. The Bertz CT molecular complexity index is 303. The second-order valence-corrected chi connectivity index (χ2v) is 5.32. The number of rotatable bonds is 8. The zero-order chi connectivity index (χ0) is 15.0. The molecule has 1 unspecified atom stereocenters. The van der Waals surface area contributed by atoms with E-state index in [-0.39, 0.29) is 17.7 Å². The van der Waals surface area contributed by atoms with Gasteiger partial charge in [0.25, 0.3) is 0 Å². The van der Waals surface area contributed by atoms with Crippen LogP contribution in [0.3, 0.4) is 0 Å². The summed E-state index contributed by atoms with van der Waals surface area (Å²) in [5.41, 5.74) is 5.63. The molecule has 0 aromatic carbocycles. The Kier molecular flexibility index (Phi) is 8.14. The van der Waals surface area contributed by atoms with Gasteiger partial charge in [0.1, 0.15) is 5.92 Å². The minimum absolute atomic E-state index is 0.00583. The van der Waals surface area contributed by atoms with E-state index in [1.807, 2.05) is 34.9 Å². The third kappa shape index (κ3) is 5.92. The molecule has 0 saturated heterocycles. The van der Waals surface area contributed by atoms with Crippen molar-refractivity contribution in [3.05, 3.63) is 0 Å². The van der Waals surface area contributed by atoms with E-state index in [1.165, 1.54) is 0 Å². The lowest BCUT2D eigenvalue weighted by Gasteiger charge is -2.28. The van der Waals surface area contributed by atoms with Crippen molar-refractivity contribution in [3.63, 3.8) is 0 Å².